The van der Waals surface area contributed by atoms with Crippen LogP contribution in [-0.2, 0) is 10.0 Å². The minimum atomic E-state index is -3.91. The van der Waals surface area contributed by atoms with Crippen LogP contribution in [0.1, 0.15) is 13.3 Å². The van der Waals surface area contributed by atoms with Crippen molar-refractivity contribution in [2.45, 2.75) is 18.2 Å². The molecule has 1 aromatic rings. The Morgan fingerprint density at radius 1 is 1.30 bits per heavy atom. The molecule has 9 heteroatoms. The molecule has 0 saturated carbocycles. The molecule has 0 amide bonds. The molecular weight excluding hydrogens is 350 g/mol. The average molecular weight is 366 g/mol. The molecule has 0 spiro atoms. The second kappa shape index (κ2) is 7.67. The van der Waals surface area contributed by atoms with Crippen LogP contribution in [0.25, 0.3) is 0 Å². The molecule has 2 N–H and O–H groups in total. The third-order valence-corrected chi connectivity index (χ3v) is 4.41. The summed E-state index contributed by atoms with van der Waals surface area (Å²) in [6, 6.07) is 3.81. The number of nitro benzene ring substituents is 1. The van der Waals surface area contributed by atoms with E-state index in [1.807, 2.05) is 6.92 Å². The summed E-state index contributed by atoms with van der Waals surface area (Å²) in [6.07, 6.45) is 0.948. The van der Waals surface area contributed by atoms with Crippen molar-refractivity contribution < 1.29 is 13.3 Å². The smallest absolute Gasteiger partial charge is 0.289 e. The highest BCUT2D eigenvalue weighted by Gasteiger charge is 2.25. The third kappa shape index (κ3) is 4.82. The van der Waals surface area contributed by atoms with E-state index in [2.05, 4.69) is 26.0 Å². The lowest BCUT2D eigenvalue weighted by atomic mass is 10.3. The number of rotatable bonds is 8. The fraction of sp³-hybridized carbons (Fsp3) is 0.455. The summed E-state index contributed by atoms with van der Waals surface area (Å²) < 4.78 is 27.0. The number of nitro groups is 1. The fourth-order valence-corrected chi connectivity index (χ4v) is 3.25. The van der Waals surface area contributed by atoms with Gasteiger partial charge in [0.1, 0.15) is 0 Å². The van der Waals surface area contributed by atoms with Gasteiger partial charge in [-0.1, -0.05) is 22.9 Å². The third-order valence-electron chi connectivity index (χ3n) is 2.43. The zero-order chi connectivity index (χ0) is 15.2. The normalized spacial score (nSPS) is 11.5. The summed E-state index contributed by atoms with van der Waals surface area (Å²) in [5.41, 5.74) is -0.442. The van der Waals surface area contributed by atoms with Crippen molar-refractivity contribution in [3.63, 3.8) is 0 Å². The fourth-order valence-electron chi connectivity index (χ4n) is 1.51. The SMILES string of the molecule is CCCNCCNS(=O)(=O)c1cc(Br)ccc1[N+](=O)[O-]. The zero-order valence-electron chi connectivity index (χ0n) is 10.9. The van der Waals surface area contributed by atoms with Crippen LogP contribution in [0.15, 0.2) is 27.6 Å². The Morgan fingerprint density at radius 3 is 2.60 bits per heavy atom. The van der Waals surface area contributed by atoms with Gasteiger partial charge in [-0.3, -0.25) is 10.1 Å². The highest BCUT2D eigenvalue weighted by atomic mass is 79.9. The largest absolute Gasteiger partial charge is 0.315 e. The van der Waals surface area contributed by atoms with Gasteiger partial charge in [0.2, 0.25) is 10.0 Å². The maximum atomic E-state index is 12.1. The van der Waals surface area contributed by atoms with Gasteiger partial charge in [-0.15, -0.1) is 0 Å². The number of halogens is 1. The number of nitrogens with one attached hydrogen (secondary N) is 2. The van der Waals surface area contributed by atoms with Gasteiger partial charge >= 0.3 is 0 Å². The van der Waals surface area contributed by atoms with Crippen LogP contribution < -0.4 is 10.0 Å². The molecule has 0 aliphatic carbocycles. The average Bonchev–Trinajstić information content (AvgIpc) is 2.38. The second-order valence-corrected chi connectivity index (χ2v) is 6.67. The Hall–Kier alpha value is -1.03. The summed E-state index contributed by atoms with van der Waals surface area (Å²) in [5, 5.41) is 13.9. The predicted molar refractivity (Wildman–Crippen MR) is 79.1 cm³/mol. The summed E-state index contributed by atoms with van der Waals surface area (Å²) in [6.45, 7) is 3.43. The van der Waals surface area contributed by atoms with Crippen molar-refractivity contribution in [1.29, 1.82) is 0 Å². The van der Waals surface area contributed by atoms with Crippen LogP contribution >= 0.6 is 15.9 Å². The lowest BCUT2D eigenvalue weighted by Crippen LogP contribution is -2.32. The Balaban J connectivity index is 2.86. The van der Waals surface area contributed by atoms with Gasteiger partial charge in [0, 0.05) is 23.6 Å². The van der Waals surface area contributed by atoms with Gasteiger partial charge in [0.25, 0.3) is 5.69 Å². The topological polar surface area (TPSA) is 101 Å². The van der Waals surface area contributed by atoms with E-state index in [0.29, 0.717) is 11.0 Å². The highest BCUT2D eigenvalue weighted by Crippen LogP contribution is 2.26. The summed E-state index contributed by atoms with van der Waals surface area (Å²) in [5.74, 6) is 0. The van der Waals surface area contributed by atoms with E-state index >= 15 is 0 Å². The highest BCUT2D eigenvalue weighted by molar-refractivity contribution is 9.10. The number of hydrogen-bond acceptors (Lipinski definition) is 5. The van der Waals surface area contributed by atoms with E-state index in [0.717, 1.165) is 19.0 Å². The van der Waals surface area contributed by atoms with Crippen LogP contribution in [-0.4, -0.2) is 33.0 Å². The first-order valence-electron chi connectivity index (χ1n) is 6.03. The maximum absolute atomic E-state index is 12.1. The minimum Gasteiger partial charge on any atom is -0.315 e. The van der Waals surface area contributed by atoms with Crippen molar-refractivity contribution in [3.05, 3.63) is 32.8 Å². The first kappa shape index (κ1) is 17.0. The number of sulfonamides is 1. The quantitative estimate of drug-likeness (QED) is 0.414. The predicted octanol–water partition coefficient (Wildman–Crippen LogP) is 1.64. The second-order valence-electron chi connectivity index (χ2n) is 4.02. The van der Waals surface area contributed by atoms with Gasteiger partial charge < -0.3 is 5.32 Å². The molecular formula is C11H16BrN3O4S. The van der Waals surface area contributed by atoms with E-state index in [9.17, 15) is 18.5 Å². The molecule has 0 atom stereocenters. The molecule has 0 fully saturated rings. The number of benzene rings is 1. The molecule has 0 aromatic heterocycles. The molecule has 0 radical (unpaired) electrons. The molecule has 0 heterocycles. The summed E-state index contributed by atoms with van der Waals surface area (Å²) >= 11 is 3.11. The molecule has 0 bridgehead atoms. The van der Waals surface area contributed by atoms with E-state index in [1.165, 1.54) is 12.1 Å². The molecule has 20 heavy (non-hydrogen) atoms. The zero-order valence-corrected chi connectivity index (χ0v) is 13.3. The van der Waals surface area contributed by atoms with E-state index in [4.69, 9.17) is 0 Å². The Morgan fingerprint density at radius 2 is 2.00 bits per heavy atom. The standard InChI is InChI=1S/C11H16BrN3O4S/c1-2-5-13-6-7-14-20(18,19)11-8-9(12)3-4-10(11)15(16)17/h3-4,8,13-14H,2,5-7H2,1H3. The van der Waals surface area contributed by atoms with E-state index in [1.54, 1.807) is 0 Å². The van der Waals surface area contributed by atoms with Crippen LogP contribution in [0, 0.1) is 10.1 Å². The van der Waals surface area contributed by atoms with Gasteiger partial charge in [-0.05, 0) is 25.1 Å². The Bertz CT molecular complexity index is 577. The van der Waals surface area contributed by atoms with E-state index < -0.39 is 20.6 Å². The monoisotopic (exact) mass is 365 g/mol. The van der Waals surface area contributed by atoms with Crippen molar-refractivity contribution in [2.75, 3.05) is 19.6 Å². The van der Waals surface area contributed by atoms with Crippen LogP contribution in [0.2, 0.25) is 0 Å². The van der Waals surface area contributed by atoms with Crippen molar-refractivity contribution >= 4 is 31.6 Å². The molecule has 0 aliphatic rings. The Labute approximate surface area is 126 Å². The van der Waals surface area contributed by atoms with Gasteiger partial charge in [0.15, 0.2) is 4.90 Å². The lowest BCUT2D eigenvalue weighted by molar-refractivity contribution is -0.387. The molecule has 7 nitrogen and oxygen atoms in total. The van der Waals surface area contributed by atoms with Gasteiger partial charge in [-0.2, -0.15) is 0 Å². The van der Waals surface area contributed by atoms with Crippen LogP contribution in [0.3, 0.4) is 0 Å². The Kier molecular flexibility index (Phi) is 6.53. The van der Waals surface area contributed by atoms with Crippen molar-refractivity contribution in [1.82, 2.24) is 10.0 Å². The van der Waals surface area contributed by atoms with Crippen LogP contribution in [0.5, 0.6) is 0 Å². The van der Waals surface area contributed by atoms with Crippen molar-refractivity contribution in [3.8, 4) is 0 Å². The van der Waals surface area contributed by atoms with E-state index in [-0.39, 0.29) is 11.4 Å². The molecule has 1 rings (SSSR count). The molecule has 0 saturated heterocycles. The maximum Gasteiger partial charge on any atom is 0.289 e. The summed E-state index contributed by atoms with van der Waals surface area (Å²) in [4.78, 5) is 9.83. The molecule has 0 aliphatic heterocycles. The molecule has 0 unspecified atom stereocenters. The summed E-state index contributed by atoms with van der Waals surface area (Å²) in [7, 11) is -3.91. The molecule has 112 valence electrons. The molecule has 1 aromatic carbocycles. The number of nitrogens with zero attached hydrogens (tertiary/aromatic N) is 1. The van der Waals surface area contributed by atoms with Crippen LogP contribution in [0.4, 0.5) is 5.69 Å². The van der Waals surface area contributed by atoms with Gasteiger partial charge in [-0.25, -0.2) is 13.1 Å². The van der Waals surface area contributed by atoms with Gasteiger partial charge in [0.05, 0.1) is 4.92 Å². The number of hydrogen-bond donors (Lipinski definition) is 2. The minimum absolute atomic E-state index is 0.173. The lowest BCUT2D eigenvalue weighted by Gasteiger charge is -2.08. The first-order valence-corrected chi connectivity index (χ1v) is 8.30. The first-order chi connectivity index (χ1) is 9.38. The van der Waals surface area contributed by atoms with Crippen molar-refractivity contribution in [2.24, 2.45) is 0 Å².